The van der Waals surface area contributed by atoms with Gasteiger partial charge in [-0.05, 0) is 30.5 Å². The molecule has 0 bridgehead atoms. The van der Waals surface area contributed by atoms with Crippen LogP contribution in [-0.4, -0.2) is 27.1 Å². The Morgan fingerprint density at radius 1 is 1.31 bits per heavy atom. The fourth-order valence-corrected chi connectivity index (χ4v) is 2.79. The third kappa shape index (κ3) is 3.99. The molecule has 2 N–H and O–H groups in total. The number of nitrogens with zero attached hydrogens (tertiary/aromatic N) is 3. The highest BCUT2D eigenvalue weighted by atomic mass is 15.0. The summed E-state index contributed by atoms with van der Waals surface area (Å²) in [7, 11) is 0. The van der Waals surface area contributed by atoms with Crippen molar-refractivity contribution in [1.82, 2.24) is 19.7 Å². The minimum atomic E-state index is 0.172. The van der Waals surface area contributed by atoms with Crippen LogP contribution in [0.2, 0.25) is 0 Å². The smallest absolute Gasteiger partial charge is 0.137 e. The third-order valence-electron chi connectivity index (χ3n) is 4.02. The molecule has 0 aliphatic rings. The molecule has 134 valence electrons. The maximum Gasteiger partial charge on any atom is 0.137 e. The normalized spacial score (nSPS) is 12.4. The van der Waals surface area contributed by atoms with Gasteiger partial charge in [0.05, 0.1) is 11.4 Å². The van der Waals surface area contributed by atoms with Crippen LogP contribution in [0.25, 0.3) is 22.5 Å². The molecule has 3 heterocycles. The molecule has 3 rings (SSSR count). The van der Waals surface area contributed by atoms with Gasteiger partial charge >= 0.3 is 0 Å². The minimum absolute atomic E-state index is 0.172. The van der Waals surface area contributed by atoms with E-state index in [0.29, 0.717) is 0 Å². The molecular formula is C21H25N5. The molecule has 0 unspecified atom stereocenters. The molecule has 26 heavy (non-hydrogen) atoms. The van der Waals surface area contributed by atoms with Crippen LogP contribution in [-0.2, 0) is 0 Å². The van der Waals surface area contributed by atoms with E-state index in [4.69, 9.17) is 5.41 Å². The first-order valence-corrected chi connectivity index (χ1v) is 8.72. The molecule has 0 saturated heterocycles. The molecule has 5 heteroatoms. The lowest BCUT2D eigenvalue weighted by molar-refractivity contribution is 0.403. The van der Waals surface area contributed by atoms with Crippen LogP contribution >= 0.6 is 0 Å². The van der Waals surface area contributed by atoms with Crippen LogP contribution in [0.5, 0.6) is 0 Å². The fraction of sp³-hybridized carbons (Fsp3) is 0.286. The van der Waals surface area contributed by atoms with E-state index in [-0.39, 0.29) is 5.41 Å². The molecule has 3 aromatic heterocycles. The molecule has 0 amide bonds. The summed E-state index contributed by atoms with van der Waals surface area (Å²) in [5.74, 6) is 0. The zero-order valence-electron chi connectivity index (χ0n) is 15.7. The second-order valence-electron chi connectivity index (χ2n) is 7.65. The van der Waals surface area contributed by atoms with Crippen molar-refractivity contribution in [2.75, 3.05) is 6.54 Å². The van der Waals surface area contributed by atoms with Crippen molar-refractivity contribution in [3.8, 4) is 11.3 Å². The Bertz CT molecular complexity index is 960. The van der Waals surface area contributed by atoms with Crippen molar-refractivity contribution in [3.63, 3.8) is 0 Å². The minimum Gasteiger partial charge on any atom is -0.390 e. The predicted molar refractivity (Wildman–Crippen MR) is 107 cm³/mol. The van der Waals surface area contributed by atoms with Crippen LogP contribution in [0.3, 0.4) is 0 Å². The summed E-state index contributed by atoms with van der Waals surface area (Å²) < 4.78 is 2.00. The Morgan fingerprint density at radius 3 is 2.85 bits per heavy atom. The van der Waals surface area contributed by atoms with Gasteiger partial charge in [-0.3, -0.25) is 4.98 Å². The average Bonchev–Trinajstić information content (AvgIpc) is 2.97. The second-order valence-corrected chi connectivity index (χ2v) is 7.65. The van der Waals surface area contributed by atoms with E-state index in [1.165, 1.54) is 6.21 Å². The van der Waals surface area contributed by atoms with Gasteiger partial charge in [0.2, 0.25) is 0 Å². The Labute approximate surface area is 154 Å². The van der Waals surface area contributed by atoms with Crippen molar-refractivity contribution in [3.05, 3.63) is 60.3 Å². The van der Waals surface area contributed by atoms with Crippen LogP contribution in [0.1, 0.15) is 32.0 Å². The average molecular weight is 347 g/mol. The highest BCUT2D eigenvalue weighted by Crippen LogP contribution is 2.27. The predicted octanol–water partition coefficient (Wildman–Crippen LogP) is 4.33. The van der Waals surface area contributed by atoms with E-state index in [1.807, 2.05) is 54.2 Å². The van der Waals surface area contributed by atoms with E-state index >= 15 is 0 Å². The first-order chi connectivity index (χ1) is 12.4. The van der Waals surface area contributed by atoms with Crippen molar-refractivity contribution < 1.29 is 0 Å². The van der Waals surface area contributed by atoms with E-state index < -0.39 is 0 Å². The van der Waals surface area contributed by atoms with E-state index in [0.717, 1.165) is 40.3 Å². The summed E-state index contributed by atoms with van der Waals surface area (Å²) >= 11 is 0. The van der Waals surface area contributed by atoms with Gasteiger partial charge in [0.1, 0.15) is 5.65 Å². The summed E-state index contributed by atoms with van der Waals surface area (Å²) in [5.41, 5.74) is 5.61. The van der Waals surface area contributed by atoms with E-state index in [2.05, 4.69) is 36.1 Å². The SMILES string of the molecule is Cc1cn2ccc(-c3ncccc3/C(C=N)=C/NCC(C)(C)C)cc2n1. The van der Waals surface area contributed by atoms with Crippen molar-refractivity contribution in [1.29, 1.82) is 5.41 Å². The van der Waals surface area contributed by atoms with Crippen LogP contribution in [0, 0.1) is 17.7 Å². The number of pyridine rings is 2. The molecule has 0 spiro atoms. The number of fused-ring (bicyclic) bond motifs is 1. The van der Waals surface area contributed by atoms with Gasteiger partial charge in [-0.25, -0.2) is 4.98 Å². The van der Waals surface area contributed by atoms with Gasteiger partial charge in [-0.1, -0.05) is 26.8 Å². The van der Waals surface area contributed by atoms with Gasteiger partial charge < -0.3 is 15.1 Å². The van der Waals surface area contributed by atoms with Crippen LogP contribution in [0.4, 0.5) is 0 Å². The van der Waals surface area contributed by atoms with Crippen LogP contribution < -0.4 is 5.32 Å². The maximum atomic E-state index is 7.85. The lowest BCUT2D eigenvalue weighted by atomic mass is 9.97. The van der Waals surface area contributed by atoms with Crippen LogP contribution in [0.15, 0.2) is 49.1 Å². The summed E-state index contributed by atoms with van der Waals surface area (Å²) in [5, 5.41) is 11.2. The Kier molecular flexibility index (Phi) is 4.89. The lowest BCUT2D eigenvalue weighted by Crippen LogP contribution is -2.23. The number of aromatic nitrogens is 3. The van der Waals surface area contributed by atoms with Crippen molar-refractivity contribution >= 4 is 17.4 Å². The number of aryl methyl sites for hydroxylation is 1. The Balaban J connectivity index is 2.00. The molecule has 0 atom stereocenters. The molecule has 3 aromatic rings. The highest BCUT2D eigenvalue weighted by molar-refractivity contribution is 6.10. The zero-order chi connectivity index (χ0) is 18.7. The molecule has 0 aromatic carbocycles. The summed E-state index contributed by atoms with van der Waals surface area (Å²) in [6.07, 6.45) is 9.04. The number of imidazole rings is 1. The molecular weight excluding hydrogens is 322 g/mol. The third-order valence-corrected chi connectivity index (χ3v) is 4.02. The summed E-state index contributed by atoms with van der Waals surface area (Å²) in [6, 6.07) is 7.96. The quantitative estimate of drug-likeness (QED) is 0.675. The summed E-state index contributed by atoms with van der Waals surface area (Å²) in [4.78, 5) is 9.11. The summed E-state index contributed by atoms with van der Waals surface area (Å²) in [6.45, 7) is 9.34. The largest absolute Gasteiger partial charge is 0.390 e. The molecule has 5 nitrogen and oxygen atoms in total. The Hall–Kier alpha value is -2.95. The van der Waals surface area contributed by atoms with Gasteiger partial charge in [-0.15, -0.1) is 0 Å². The standard InChI is InChI=1S/C21H25N5/c1-15-13-26-9-7-16(10-19(26)25-15)20-18(6-5-8-24-20)17(11-22)12-23-14-21(2,3)4/h5-13,22-23H,14H2,1-4H3/b17-12+,22-11?. The van der Waals surface area contributed by atoms with Crippen molar-refractivity contribution in [2.45, 2.75) is 27.7 Å². The van der Waals surface area contributed by atoms with Gasteiger partial charge in [0.25, 0.3) is 0 Å². The molecule has 0 fully saturated rings. The highest BCUT2D eigenvalue weighted by Gasteiger charge is 2.12. The molecule has 0 radical (unpaired) electrons. The number of nitrogens with one attached hydrogen (secondary N) is 2. The maximum absolute atomic E-state index is 7.85. The Morgan fingerprint density at radius 2 is 2.12 bits per heavy atom. The fourth-order valence-electron chi connectivity index (χ4n) is 2.79. The second kappa shape index (κ2) is 7.12. The van der Waals surface area contributed by atoms with Gasteiger partial charge in [0.15, 0.2) is 0 Å². The molecule has 0 aliphatic heterocycles. The lowest BCUT2D eigenvalue weighted by Gasteiger charge is -2.18. The number of allylic oxidation sites excluding steroid dienone is 1. The monoisotopic (exact) mass is 347 g/mol. The zero-order valence-corrected chi connectivity index (χ0v) is 15.7. The first-order valence-electron chi connectivity index (χ1n) is 8.72. The molecule has 0 aliphatic carbocycles. The van der Waals surface area contributed by atoms with Gasteiger partial charge in [0, 0.05) is 54.2 Å². The number of hydrogen-bond donors (Lipinski definition) is 2. The molecule has 0 saturated carbocycles. The van der Waals surface area contributed by atoms with E-state index in [9.17, 15) is 0 Å². The first kappa shape index (κ1) is 17.9. The van der Waals surface area contributed by atoms with E-state index in [1.54, 1.807) is 6.20 Å². The number of hydrogen-bond acceptors (Lipinski definition) is 4. The van der Waals surface area contributed by atoms with Gasteiger partial charge in [-0.2, -0.15) is 0 Å². The number of rotatable bonds is 5. The topological polar surface area (TPSA) is 66.1 Å². The van der Waals surface area contributed by atoms with Crippen molar-refractivity contribution in [2.24, 2.45) is 5.41 Å².